The van der Waals surface area contributed by atoms with Crippen LogP contribution in [0.25, 0.3) is 0 Å². The molecule has 1 N–H and O–H groups in total. The van der Waals surface area contributed by atoms with Crippen LogP contribution in [0.4, 0.5) is 4.39 Å². The molecule has 1 aromatic rings. The Bertz CT molecular complexity index is 332. The topological polar surface area (TPSA) is 37.3 Å². The summed E-state index contributed by atoms with van der Waals surface area (Å²) in [4.78, 5) is 10.7. The largest absolute Gasteiger partial charge is 0.481 e. The first-order valence-corrected chi connectivity index (χ1v) is 4.99. The van der Waals surface area contributed by atoms with Gasteiger partial charge in [-0.2, -0.15) is 0 Å². The molecule has 0 heterocycles. The van der Waals surface area contributed by atoms with Crippen LogP contribution in [0.3, 0.4) is 0 Å². The monoisotopic (exact) mass is 210 g/mol. The quantitative estimate of drug-likeness (QED) is 0.829. The van der Waals surface area contributed by atoms with E-state index in [2.05, 4.69) is 0 Å². The number of carboxylic acid groups (broad SMARTS) is 1. The molecule has 0 radical (unpaired) electrons. The van der Waals surface area contributed by atoms with E-state index in [4.69, 9.17) is 5.11 Å². The van der Waals surface area contributed by atoms with Crippen LogP contribution >= 0.6 is 0 Å². The van der Waals surface area contributed by atoms with Crippen molar-refractivity contribution >= 4 is 5.97 Å². The van der Waals surface area contributed by atoms with Crippen LogP contribution in [0, 0.1) is 11.7 Å². The zero-order valence-corrected chi connectivity index (χ0v) is 8.90. The summed E-state index contributed by atoms with van der Waals surface area (Å²) in [5.41, 5.74) is 0.976. The summed E-state index contributed by atoms with van der Waals surface area (Å²) in [6.07, 6.45) is 0.570. The molecule has 2 nitrogen and oxygen atoms in total. The molecule has 0 aliphatic heterocycles. The van der Waals surface area contributed by atoms with Crippen molar-refractivity contribution in [2.45, 2.75) is 26.2 Å². The average Bonchev–Trinajstić information content (AvgIpc) is 2.18. The third-order valence-electron chi connectivity index (χ3n) is 2.57. The highest BCUT2D eigenvalue weighted by Crippen LogP contribution is 2.23. The minimum Gasteiger partial charge on any atom is -0.481 e. The van der Waals surface area contributed by atoms with Crippen molar-refractivity contribution in [3.63, 3.8) is 0 Å². The van der Waals surface area contributed by atoms with Crippen molar-refractivity contribution in [1.29, 1.82) is 0 Å². The summed E-state index contributed by atoms with van der Waals surface area (Å²) < 4.78 is 12.6. The summed E-state index contributed by atoms with van der Waals surface area (Å²) in [6, 6.07) is 6.21. The van der Waals surface area contributed by atoms with Crippen LogP contribution in [0.15, 0.2) is 24.3 Å². The molecule has 0 spiro atoms. The number of aliphatic carboxylic acids is 1. The van der Waals surface area contributed by atoms with Crippen LogP contribution in [0.2, 0.25) is 0 Å². The molecule has 15 heavy (non-hydrogen) atoms. The van der Waals surface area contributed by atoms with Gasteiger partial charge in [0.15, 0.2) is 0 Å². The maximum atomic E-state index is 12.6. The number of rotatable bonds is 4. The van der Waals surface area contributed by atoms with Gasteiger partial charge in [-0.3, -0.25) is 4.79 Å². The summed E-state index contributed by atoms with van der Waals surface area (Å²) in [7, 11) is 0. The molecule has 1 aromatic carbocycles. The van der Waals surface area contributed by atoms with Gasteiger partial charge in [0.1, 0.15) is 5.82 Å². The van der Waals surface area contributed by atoms with Crippen LogP contribution in [0.5, 0.6) is 0 Å². The Balaban J connectivity index is 2.64. The molecule has 0 saturated heterocycles. The standard InChI is InChI=1S/C12H15FO2/c1-8(7-9(2)12(14)15)10-3-5-11(13)6-4-10/h3-6,8-9H,7H2,1-2H3,(H,14,15). The number of carboxylic acids is 1. The number of carbonyl (C=O) groups is 1. The minimum atomic E-state index is -0.788. The van der Waals surface area contributed by atoms with Crippen molar-refractivity contribution in [2.24, 2.45) is 5.92 Å². The number of halogens is 1. The molecule has 0 saturated carbocycles. The van der Waals surface area contributed by atoms with Gasteiger partial charge in [0.2, 0.25) is 0 Å². The van der Waals surface area contributed by atoms with Gasteiger partial charge >= 0.3 is 5.97 Å². The van der Waals surface area contributed by atoms with E-state index in [0.717, 1.165) is 5.56 Å². The molecule has 0 bridgehead atoms. The molecule has 0 aliphatic carbocycles. The third-order valence-corrected chi connectivity index (χ3v) is 2.57. The SMILES string of the molecule is CC(CC(C)c1ccc(F)cc1)C(=O)O. The summed E-state index contributed by atoms with van der Waals surface area (Å²) in [5, 5.41) is 8.76. The van der Waals surface area contributed by atoms with Gasteiger partial charge in [-0.1, -0.05) is 26.0 Å². The molecular weight excluding hydrogens is 195 g/mol. The smallest absolute Gasteiger partial charge is 0.306 e. The molecule has 2 unspecified atom stereocenters. The molecule has 3 heteroatoms. The normalized spacial score (nSPS) is 14.6. The predicted octanol–water partition coefficient (Wildman–Crippen LogP) is 3.04. The zero-order valence-electron chi connectivity index (χ0n) is 8.90. The Morgan fingerprint density at radius 3 is 2.33 bits per heavy atom. The van der Waals surface area contributed by atoms with Crippen molar-refractivity contribution in [3.05, 3.63) is 35.6 Å². The van der Waals surface area contributed by atoms with E-state index in [-0.39, 0.29) is 17.7 Å². The van der Waals surface area contributed by atoms with Crippen molar-refractivity contribution < 1.29 is 14.3 Å². The summed E-state index contributed by atoms with van der Waals surface area (Å²) >= 11 is 0. The second-order valence-corrected chi connectivity index (χ2v) is 3.93. The Kier molecular flexibility index (Phi) is 3.83. The van der Waals surface area contributed by atoms with Crippen molar-refractivity contribution in [1.82, 2.24) is 0 Å². The number of hydrogen-bond donors (Lipinski definition) is 1. The lowest BCUT2D eigenvalue weighted by Gasteiger charge is -2.14. The van der Waals surface area contributed by atoms with E-state index in [1.165, 1.54) is 12.1 Å². The molecular formula is C12H15FO2. The Labute approximate surface area is 88.7 Å². The van der Waals surface area contributed by atoms with E-state index < -0.39 is 5.97 Å². The van der Waals surface area contributed by atoms with Gasteiger partial charge in [-0.15, -0.1) is 0 Å². The molecule has 0 amide bonds. The fourth-order valence-electron chi connectivity index (χ4n) is 1.56. The summed E-state index contributed by atoms with van der Waals surface area (Å²) in [6.45, 7) is 3.63. The fourth-order valence-corrected chi connectivity index (χ4v) is 1.56. The lowest BCUT2D eigenvalue weighted by Crippen LogP contribution is -2.12. The molecule has 82 valence electrons. The van der Waals surface area contributed by atoms with Gasteiger partial charge < -0.3 is 5.11 Å². The molecule has 0 aliphatic rings. The highest BCUT2D eigenvalue weighted by Gasteiger charge is 2.16. The Morgan fingerprint density at radius 1 is 1.33 bits per heavy atom. The average molecular weight is 210 g/mol. The van der Waals surface area contributed by atoms with Crippen LogP contribution < -0.4 is 0 Å². The molecule has 1 rings (SSSR count). The second kappa shape index (κ2) is 4.91. The van der Waals surface area contributed by atoms with Gasteiger partial charge in [0.05, 0.1) is 5.92 Å². The molecule has 0 fully saturated rings. The van der Waals surface area contributed by atoms with Crippen LogP contribution in [-0.4, -0.2) is 11.1 Å². The van der Waals surface area contributed by atoms with E-state index >= 15 is 0 Å². The lowest BCUT2D eigenvalue weighted by atomic mass is 9.91. The van der Waals surface area contributed by atoms with E-state index in [9.17, 15) is 9.18 Å². The van der Waals surface area contributed by atoms with Crippen LogP contribution in [0.1, 0.15) is 31.7 Å². The number of hydrogen-bond acceptors (Lipinski definition) is 1. The van der Waals surface area contributed by atoms with Crippen molar-refractivity contribution in [2.75, 3.05) is 0 Å². The minimum absolute atomic E-state index is 0.136. The fraction of sp³-hybridized carbons (Fsp3) is 0.417. The number of benzene rings is 1. The van der Waals surface area contributed by atoms with Gasteiger partial charge in [0, 0.05) is 0 Å². The first kappa shape index (κ1) is 11.7. The van der Waals surface area contributed by atoms with Gasteiger partial charge in [-0.05, 0) is 30.0 Å². The van der Waals surface area contributed by atoms with Crippen LogP contribution in [-0.2, 0) is 4.79 Å². The lowest BCUT2D eigenvalue weighted by molar-refractivity contribution is -0.141. The second-order valence-electron chi connectivity index (χ2n) is 3.93. The van der Waals surface area contributed by atoms with Gasteiger partial charge in [-0.25, -0.2) is 4.39 Å². The maximum Gasteiger partial charge on any atom is 0.306 e. The zero-order chi connectivity index (χ0) is 11.4. The van der Waals surface area contributed by atoms with Crippen molar-refractivity contribution in [3.8, 4) is 0 Å². The van der Waals surface area contributed by atoms with E-state index in [1.807, 2.05) is 6.92 Å². The first-order chi connectivity index (χ1) is 7.00. The molecule has 2 atom stereocenters. The highest BCUT2D eigenvalue weighted by atomic mass is 19.1. The van der Waals surface area contributed by atoms with E-state index in [0.29, 0.717) is 6.42 Å². The highest BCUT2D eigenvalue weighted by molar-refractivity contribution is 5.69. The van der Waals surface area contributed by atoms with E-state index in [1.54, 1.807) is 19.1 Å². The maximum absolute atomic E-state index is 12.6. The molecule has 0 aromatic heterocycles. The predicted molar refractivity (Wildman–Crippen MR) is 56.2 cm³/mol. The summed E-state index contributed by atoms with van der Waals surface area (Å²) in [5.74, 6) is -1.29. The Morgan fingerprint density at radius 2 is 1.87 bits per heavy atom. The third kappa shape index (κ3) is 3.35. The van der Waals surface area contributed by atoms with Gasteiger partial charge in [0.25, 0.3) is 0 Å². The Hall–Kier alpha value is -1.38. The first-order valence-electron chi connectivity index (χ1n) is 4.99.